The van der Waals surface area contributed by atoms with Gasteiger partial charge >= 0.3 is 12.2 Å². The molecule has 20 heteroatoms. The molecule has 2 heterocycles. The lowest BCUT2D eigenvalue weighted by atomic mass is 10.2. The van der Waals surface area contributed by atoms with Crippen LogP contribution in [0.1, 0.15) is 12.0 Å². The summed E-state index contributed by atoms with van der Waals surface area (Å²) in [5.41, 5.74) is 0.307. The van der Waals surface area contributed by atoms with E-state index in [9.17, 15) is 12.8 Å². The lowest BCUT2D eigenvalue weighted by Gasteiger charge is -2.31. The van der Waals surface area contributed by atoms with Crippen LogP contribution in [-0.2, 0) is 21.3 Å². The van der Waals surface area contributed by atoms with Gasteiger partial charge in [0.25, 0.3) is 10.0 Å². The van der Waals surface area contributed by atoms with Crippen LogP contribution in [0.4, 0.5) is 24.7 Å². The van der Waals surface area contributed by atoms with Gasteiger partial charge in [-0.25, -0.2) is 26.5 Å². The molecule has 1 saturated heterocycles. The molecule has 1 fully saturated rings. The Morgan fingerprint density at radius 3 is 2.15 bits per heavy atom. The molecule has 2 aromatic carbocycles. The smallest absolute Gasteiger partial charge is 0.351 e. The molecule has 1 unspecified atom stereocenters. The van der Waals surface area contributed by atoms with Crippen molar-refractivity contribution in [3.8, 4) is 11.5 Å². The molecular weight excluding hydrogens is 693 g/mol. The summed E-state index contributed by atoms with van der Waals surface area (Å²) in [6, 6.07) is 8.90. The Hall–Kier alpha value is -3.50. The maximum atomic E-state index is 15.6. The molecule has 3 aromatic rings. The fourth-order valence-electron chi connectivity index (χ4n) is 4.45. The SMILES string of the molecule is CN(C(O)(O)O)C(O)(O)O.COc1ccc(CN(c2cccc(F)n2)S(=O)(=O)c2c(F)cc(N3CCC(OC)C3)c(Cl)c2F)c(OC)c1. The van der Waals surface area contributed by atoms with Gasteiger partial charge < -0.3 is 49.7 Å². The Morgan fingerprint density at radius 1 is 1.00 bits per heavy atom. The third-order valence-electron chi connectivity index (χ3n) is 7.13. The van der Waals surface area contributed by atoms with E-state index in [1.165, 1.54) is 45.6 Å². The lowest BCUT2D eigenvalue weighted by molar-refractivity contribution is -0.503. The monoisotopic (exact) mass is 726 g/mol. The van der Waals surface area contributed by atoms with E-state index in [2.05, 4.69) is 4.98 Å². The van der Waals surface area contributed by atoms with Crippen LogP contribution in [0.15, 0.2) is 47.4 Å². The number of aromatic nitrogens is 1. The zero-order valence-corrected chi connectivity index (χ0v) is 27.5. The molecule has 0 saturated carbocycles. The van der Waals surface area contributed by atoms with Gasteiger partial charge in [-0.2, -0.15) is 9.29 Å². The molecule has 0 radical (unpaired) electrons. The number of anilines is 2. The number of nitrogens with zero attached hydrogens (tertiary/aromatic N) is 4. The molecule has 1 aromatic heterocycles. The van der Waals surface area contributed by atoms with Crippen LogP contribution in [0, 0.1) is 17.6 Å². The van der Waals surface area contributed by atoms with Crippen molar-refractivity contribution in [1.82, 2.24) is 9.88 Å². The second-order valence-electron chi connectivity index (χ2n) is 10.2. The first-order valence-corrected chi connectivity index (χ1v) is 15.5. The normalized spacial score (nSPS) is 15.3. The Labute approximate surface area is 278 Å². The van der Waals surface area contributed by atoms with Gasteiger partial charge in [0.1, 0.15) is 28.2 Å². The molecule has 266 valence electrons. The molecule has 6 N–H and O–H groups in total. The van der Waals surface area contributed by atoms with Crippen LogP contribution < -0.4 is 18.7 Å². The van der Waals surface area contributed by atoms with Crippen molar-refractivity contribution in [2.75, 3.05) is 50.7 Å². The summed E-state index contributed by atoms with van der Waals surface area (Å²) in [5, 5.41) is 48.5. The molecule has 15 nitrogen and oxygen atoms in total. The largest absolute Gasteiger partial charge is 0.497 e. The first-order valence-electron chi connectivity index (χ1n) is 13.7. The Morgan fingerprint density at radius 2 is 1.65 bits per heavy atom. The van der Waals surface area contributed by atoms with Gasteiger partial charge in [-0.3, -0.25) is 0 Å². The molecule has 1 atom stereocenters. The topological polar surface area (TPSA) is 206 Å². The average molecular weight is 727 g/mol. The predicted molar refractivity (Wildman–Crippen MR) is 163 cm³/mol. The molecule has 0 aliphatic carbocycles. The number of methoxy groups -OCH3 is 3. The highest BCUT2D eigenvalue weighted by Gasteiger charge is 2.40. The second-order valence-corrected chi connectivity index (χ2v) is 12.4. The fourth-order valence-corrected chi connectivity index (χ4v) is 6.28. The number of rotatable bonds is 11. The Kier molecular flexibility index (Phi) is 12.5. The van der Waals surface area contributed by atoms with Crippen LogP contribution in [0.3, 0.4) is 0 Å². The minimum absolute atomic E-state index is 0.00687. The zero-order valence-electron chi connectivity index (χ0n) is 25.9. The fraction of sp³-hybridized carbons (Fsp3) is 0.393. The van der Waals surface area contributed by atoms with Gasteiger partial charge in [0.05, 0.1) is 32.6 Å². The standard InChI is InChI=1S/C25H25ClF3N3O5S.C3H9NO6/c1-35-16-8-7-15(20(11-16)37-3)13-32(22-6-4-5-21(28)30-22)38(33,34)25-18(27)12-19(23(26)24(25)29)31-10-9-17(14-31)36-2;1-4(2(5,6)7)3(8,9)10/h4-8,11-12,17H,9-10,13-14H2,1-3H3;5-10H,1H3. The zero-order chi connectivity index (χ0) is 36.2. The van der Waals surface area contributed by atoms with Crippen molar-refractivity contribution < 1.29 is 66.4 Å². The third-order valence-corrected chi connectivity index (χ3v) is 9.27. The minimum Gasteiger partial charge on any atom is -0.497 e. The highest BCUT2D eigenvalue weighted by atomic mass is 35.5. The minimum atomic E-state index is -5.01. The summed E-state index contributed by atoms with van der Waals surface area (Å²) in [6.07, 6.45) is -6.50. The van der Waals surface area contributed by atoms with E-state index in [1.54, 1.807) is 11.0 Å². The van der Waals surface area contributed by atoms with E-state index in [0.29, 0.717) is 42.2 Å². The molecule has 1 aliphatic rings. The molecule has 1 aliphatic heterocycles. The van der Waals surface area contributed by atoms with Crippen LogP contribution in [0.25, 0.3) is 0 Å². The first kappa shape index (κ1) is 38.9. The predicted octanol–water partition coefficient (Wildman–Crippen LogP) is 0.885. The summed E-state index contributed by atoms with van der Waals surface area (Å²) < 4.78 is 89.2. The number of pyridine rings is 1. The molecule has 0 bridgehead atoms. The van der Waals surface area contributed by atoms with Crippen LogP contribution in [0.5, 0.6) is 11.5 Å². The number of ether oxygens (including phenoxy) is 3. The number of halogens is 4. The summed E-state index contributed by atoms with van der Waals surface area (Å²) >= 11 is 6.25. The maximum Gasteiger partial charge on any atom is 0.351 e. The summed E-state index contributed by atoms with van der Waals surface area (Å²) in [7, 11) is -0.00984. The van der Waals surface area contributed by atoms with Crippen LogP contribution in [0.2, 0.25) is 5.02 Å². The van der Waals surface area contributed by atoms with Gasteiger partial charge in [0.15, 0.2) is 10.7 Å². The number of benzene rings is 2. The van der Waals surface area contributed by atoms with Gasteiger partial charge in [0, 0.05) is 44.9 Å². The van der Waals surface area contributed by atoms with Crippen molar-refractivity contribution >= 4 is 33.1 Å². The summed E-state index contributed by atoms with van der Waals surface area (Å²) in [5.74, 6) is -3.54. The molecule has 0 amide bonds. The van der Waals surface area contributed by atoms with E-state index >= 15 is 8.78 Å². The van der Waals surface area contributed by atoms with Gasteiger partial charge in [0.2, 0.25) is 5.95 Å². The van der Waals surface area contributed by atoms with Gasteiger partial charge in [-0.15, -0.1) is 0 Å². The van der Waals surface area contributed by atoms with Crippen LogP contribution in [-0.4, -0.2) is 109 Å². The van der Waals surface area contributed by atoms with E-state index in [-0.39, 0.29) is 22.4 Å². The van der Waals surface area contributed by atoms with Crippen molar-refractivity contribution in [3.05, 3.63) is 70.6 Å². The second kappa shape index (κ2) is 15.4. The highest BCUT2D eigenvalue weighted by molar-refractivity contribution is 7.92. The lowest BCUT2D eigenvalue weighted by Crippen LogP contribution is -2.59. The number of hydrogen-bond donors (Lipinski definition) is 6. The van der Waals surface area contributed by atoms with Gasteiger partial charge in [-0.1, -0.05) is 17.7 Å². The quantitative estimate of drug-likeness (QED) is 0.0923. The molecule has 48 heavy (non-hydrogen) atoms. The highest BCUT2D eigenvalue weighted by Crippen LogP contribution is 2.39. The van der Waals surface area contributed by atoms with Crippen LogP contribution >= 0.6 is 11.6 Å². The van der Waals surface area contributed by atoms with E-state index in [4.69, 9.17) is 56.5 Å². The van der Waals surface area contributed by atoms with Crippen molar-refractivity contribution in [1.29, 1.82) is 0 Å². The van der Waals surface area contributed by atoms with Crippen molar-refractivity contribution in [3.63, 3.8) is 0 Å². The Balaban J connectivity index is 0.000000542. The first-order chi connectivity index (χ1) is 22.3. The summed E-state index contributed by atoms with van der Waals surface area (Å²) in [4.78, 5) is 3.69. The molecular formula is C28H34ClF3N4O11S. The Bertz CT molecular complexity index is 1680. The average Bonchev–Trinajstić information content (AvgIpc) is 3.49. The molecule has 4 rings (SSSR count). The third kappa shape index (κ3) is 8.94. The number of aliphatic hydroxyl groups is 6. The summed E-state index contributed by atoms with van der Waals surface area (Å²) in [6.45, 7) is 0.253. The number of sulfonamides is 1. The maximum absolute atomic E-state index is 15.6. The van der Waals surface area contributed by atoms with E-state index in [0.717, 1.165) is 12.1 Å². The molecule has 0 spiro atoms. The van der Waals surface area contributed by atoms with E-state index in [1.807, 2.05) is 0 Å². The van der Waals surface area contributed by atoms with Crippen molar-refractivity contribution in [2.24, 2.45) is 0 Å². The van der Waals surface area contributed by atoms with Crippen molar-refractivity contribution in [2.45, 2.75) is 36.2 Å². The number of hydrogen-bond acceptors (Lipinski definition) is 14. The van der Waals surface area contributed by atoms with Gasteiger partial charge in [-0.05, 0) is 30.7 Å². The van der Waals surface area contributed by atoms with E-state index < -0.39 is 62.1 Å².